The summed E-state index contributed by atoms with van der Waals surface area (Å²) in [5.41, 5.74) is -0.614. The van der Waals surface area contributed by atoms with E-state index in [1.807, 2.05) is 0 Å². The molecule has 0 aliphatic carbocycles. The van der Waals surface area contributed by atoms with E-state index >= 15 is 0 Å². The summed E-state index contributed by atoms with van der Waals surface area (Å²) < 4.78 is 28.6. The van der Waals surface area contributed by atoms with Crippen LogP contribution in [-0.2, 0) is 19.4 Å². The van der Waals surface area contributed by atoms with E-state index in [0.29, 0.717) is 12.8 Å². The van der Waals surface area contributed by atoms with Crippen molar-refractivity contribution in [3.05, 3.63) is 0 Å². The summed E-state index contributed by atoms with van der Waals surface area (Å²) in [6.45, 7) is 5.47. The molecule has 1 aliphatic rings. The number of carboxylic acid groups (broad SMARTS) is 1. The highest BCUT2D eigenvalue weighted by Crippen LogP contribution is 2.28. The van der Waals surface area contributed by atoms with Crippen molar-refractivity contribution < 1.29 is 27.9 Å². The summed E-state index contributed by atoms with van der Waals surface area (Å²) in [5.74, 6) is -1.35. The molecule has 0 unspecified atom stereocenters. The first kappa shape index (κ1) is 18.7. The highest BCUT2D eigenvalue weighted by Gasteiger charge is 2.31. The summed E-state index contributed by atoms with van der Waals surface area (Å²) in [6.07, 6.45) is 0.00959. The second kappa shape index (κ2) is 7.30. The van der Waals surface area contributed by atoms with Crippen LogP contribution in [0.5, 0.6) is 0 Å². The molecule has 128 valence electrons. The van der Waals surface area contributed by atoms with Crippen molar-refractivity contribution in [3.63, 3.8) is 0 Å². The average molecular weight is 335 g/mol. The molecule has 7 nitrogen and oxygen atoms in total. The molecule has 1 aliphatic heterocycles. The third-order valence-corrected chi connectivity index (χ3v) is 5.33. The molecule has 0 radical (unpaired) electrons. The number of nitrogens with one attached hydrogen (secondary N) is 1. The van der Waals surface area contributed by atoms with Crippen LogP contribution in [-0.4, -0.2) is 49.2 Å². The van der Waals surface area contributed by atoms with Gasteiger partial charge in [0.2, 0.25) is 0 Å². The van der Waals surface area contributed by atoms with Crippen LogP contribution < -0.4 is 5.32 Å². The van der Waals surface area contributed by atoms with E-state index in [1.54, 1.807) is 20.8 Å². The Morgan fingerprint density at radius 1 is 1.18 bits per heavy atom. The molecule has 8 heteroatoms. The number of rotatable bonds is 4. The van der Waals surface area contributed by atoms with Crippen molar-refractivity contribution in [2.45, 2.75) is 45.6 Å². The number of aliphatic carboxylic acids is 1. The van der Waals surface area contributed by atoms with Crippen LogP contribution in [0.2, 0.25) is 0 Å². The highest BCUT2D eigenvalue weighted by molar-refractivity contribution is 7.91. The Bertz CT molecular complexity index is 508. The number of hydrogen-bond acceptors (Lipinski definition) is 5. The van der Waals surface area contributed by atoms with Crippen molar-refractivity contribution in [2.75, 3.05) is 18.1 Å². The summed E-state index contributed by atoms with van der Waals surface area (Å²) in [5, 5.41) is 11.6. The Morgan fingerprint density at radius 2 is 1.73 bits per heavy atom. The van der Waals surface area contributed by atoms with Crippen LogP contribution in [0.1, 0.15) is 40.0 Å². The zero-order valence-corrected chi connectivity index (χ0v) is 14.1. The highest BCUT2D eigenvalue weighted by atomic mass is 32.2. The van der Waals surface area contributed by atoms with Crippen LogP contribution in [0.15, 0.2) is 0 Å². The maximum absolute atomic E-state index is 11.7. The zero-order valence-electron chi connectivity index (χ0n) is 13.3. The minimum Gasteiger partial charge on any atom is -0.481 e. The van der Waals surface area contributed by atoms with Gasteiger partial charge in [0.05, 0.1) is 11.5 Å². The molecular formula is C14H25NO6S. The van der Waals surface area contributed by atoms with Crippen LogP contribution in [0.4, 0.5) is 4.79 Å². The predicted octanol–water partition coefficient (Wildman–Crippen LogP) is 1.43. The van der Waals surface area contributed by atoms with Crippen LogP contribution >= 0.6 is 0 Å². The third-order valence-electron chi connectivity index (χ3n) is 3.61. The lowest BCUT2D eigenvalue weighted by molar-refractivity contribution is -0.138. The number of carbonyl (C=O) groups is 2. The van der Waals surface area contributed by atoms with Crippen LogP contribution in [0.25, 0.3) is 0 Å². The van der Waals surface area contributed by atoms with Gasteiger partial charge < -0.3 is 15.2 Å². The van der Waals surface area contributed by atoms with Crippen molar-refractivity contribution in [1.82, 2.24) is 5.32 Å². The number of ether oxygens (including phenoxy) is 1. The first-order chi connectivity index (χ1) is 9.98. The van der Waals surface area contributed by atoms with Gasteiger partial charge in [-0.25, -0.2) is 13.2 Å². The minimum atomic E-state index is -3.13. The van der Waals surface area contributed by atoms with E-state index in [2.05, 4.69) is 5.32 Å². The number of carbonyl (C=O) groups excluding carboxylic acids is 1. The fraction of sp³-hybridized carbons (Fsp3) is 0.857. The number of hydrogen-bond donors (Lipinski definition) is 2. The van der Waals surface area contributed by atoms with Crippen molar-refractivity contribution >= 4 is 21.9 Å². The van der Waals surface area contributed by atoms with Crippen LogP contribution in [0, 0.1) is 11.8 Å². The molecule has 1 saturated heterocycles. The molecule has 0 spiro atoms. The van der Waals surface area contributed by atoms with Gasteiger partial charge in [-0.3, -0.25) is 4.79 Å². The van der Waals surface area contributed by atoms with E-state index in [9.17, 15) is 18.0 Å². The maximum Gasteiger partial charge on any atom is 0.407 e. The monoisotopic (exact) mass is 335 g/mol. The molecule has 0 saturated carbocycles. The second-order valence-electron chi connectivity index (χ2n) is 6.73. The van der Waals surface area contributed by atoms with E-state index in [4.69, 9.17) is 9.84 Å². The van der Waals surface area contributed by atoms with Crippen molar-refractivity contribution in [3.8, 4) is 0 Å². The molecule has 2 atom stereocenters. The Morgan fingerprint density at radius 3 is 2.23 bits per heavy atom. The molecule has 22 heavy (non-hydrogen) atoms. The molecule has 0 bridgehead atoms. The second-order valence-corrected chi connectivity index (χ2v) is 9.03. The fourth-order valence-corrected chi connectivity index (χ4v) is 4.05. The summed E-state index contributed by atoms with van der Waals surface area (Å²) in [6, 6.07) is 0. The van der Waals surface area contributed by atoms with E-state index in [-0.39, 0.29) is 36.3 Å². The quantitative estimate of drug-likeness (QED) is 0.804. The average Bonchev–Trinajstić information content (AvgIpc) is 2.45. The molecule has 0 aromatic carbocycles. The number of carboxylic acids is 1. The van der Waals surface area contributed by atoms with Gasteiger partial charge in [0.1, 0.15) is 15.4 Å². The Labute approximate surface area is 131 Å². The van der Waals surface area contributed by atoms with Gasteiger partial charge in [-0.05, 0) is 45.4 Å². The third kappa shape index (κ3) is 7.11. The zero-order chi connectivity index (χ0) is 17.0. The topological polar surface area (TPSA) is 110 Å². The Balaban J connectivity index is 2.66. The first-order valence-electron chi connectivity index (χ1n) is 7.37. The lowest BCUT2D eigenvalue weighted by Crippen LogP contribution is -2.37. The number of alkyl carbamates (subject to hydrolysis) is 1. The molecular weight excluding hydrogens is 310 g/mol. The molecule has 1 amide bonds. The summed E-state index contributed by atoms with van der Waals surface area (Å²) >= 11 is 0. The van der Waals surface area contributed by atoms with Crippen molar-refractivity contribution in [2.24, 2.45) is 11.8 Å². The lowest BCUT2D eigenvalue weighted by atomic mass is 9.85. The molecule has 0 aromatic heterocycles. The normalized spacial score (nSPS) is 25.0. The van der Waals surface area contributed by atoms with Gasteiger partial charge in [-0.1, -0.05) is 0 Å². The number of amides is 1. The SMILES string of the molecule is CC(C)(C)OC(=O)NC[C@@H]1CCS(=O)(=O)CC[C@@H]1CC(=O)O. The van der Waals surface area contributed by atoms with Gasteiger partial charge in [0, 0.05) is 13.0 Å². The molecule has 1 rings (SSSR count). The Hall–Kier alpha value is -1.31. The molecule has 1 fully saturated rings. The predicted molar refractivity (Wildman–Crippen MR) is 81.4 cm³/mol. The largest absolute Gasteiger partial charge is 0.481 e. The summed E-state index contributed by atoms with van der Waals surface area (Å²) in [7, 11) is -3.13. The summed E-state index contributed by atoms with van der Waals surface area (Å²) in [4.78, 5) is 22.6. The van der Waals surface area contributed by atoms with Gasteiger partial charge in [0.25, 0.3) is 0 Å². The molecule has 0 aromatic rings. The first-order valence-corrected chi connectivity index (χ1v) is 9.20. The Kier molecular flexibility index (Phi) is 6.22. The van der Waals surface area contributed by atoms with E-state index < -0.39 is 27.5 Å². The molecule has 2 N–H and O–H groups in total. The van der Waals surface area contributed by atoms with Crippen LogP contribution in [0.3, 0.4) is 0 Å². The lowest BCUT2D eigenvalue weighted by Gasteiger charge is -2.25. The smallest absolute Gasteiger partial charge is 0.407 e. The maximum atomic E-state index is 11.7. The van der Waals surface area contributed by atoms with Gasteiger partial charge >= 0.3 is 12.1 Å². The van der Waals surface area contributed by atoms with Gasteiger partial charge in [-0.2, -0.15) is 0 Å². The van der Waals surface area contributed by atoms with E-state index in [0.717, 1.165) is 0 Å². The van der Waals surface area contributed by atoms with Gasteiger partial charge in [0.15, 0.2) is 0 Å². The number of sulfone groups is 1. The molecule has 1 heterocycles. The van der Waals surface area contributed by atoms with E-state index in [1.165, 1.54) is 0 Å². The minimum absolute atomic E-state index is 0.00782. The van der Waals surface area contributed by atoms with Gasteiger partial charge in [-0.15, -0.1) is 0 Å². The standard InChI is InChI=1S/C14H25NO6S/c1-14(2,3)21-13(18)15-9-11-5-7-22(19,20)6-4-10(11)8-12(16)17/h10-11H,4-9H2,1-3H3,(H,15,18)(H,16,17)/t10-,11+/m1/s1. The fourth-order valence-electron chi connectivity index (χ4n) is 2.53. The van der Waals surface area contributed by atoms with Crippen molar-refractivity contribution in [1.29, 1.82) is 0 Å².